The van der Waals surface area contributed by atoms with Crippen molar-refractivity contribution in [1.29, 1.82) is 0 Å². The average molecular weight is 403 g/mol. The van der Waals surface area contributed by atoms with E-state index in [2.05, 4.69) is 21.6 Å². The number of anilines is 1. The van der Waals surface area contributed by atoms with Gasteiger partial charge >= 0.3 is 0 Å². The third-order valence-electron chi connectivity index (χ3n) is 5.15. The minimum Gasteiger partial charge on any atom is -0.295 e. The molecule has 0 aliphatic carbocycles. The lowest BCUT2D eigenvalue weighted by atomic mass is 9.89. The molecule has 0 fully saturated rings. The third kappa shape index (κ3) is 2.71. The maximum absolute atomic E-state index is 12.6. The Morgan fingerprint density at radius 3 is 2.55 bits per heavy atom. The summed E-state index contributed by atoms with van der Waals surface area (Å²) in [6, 6.07) is 15.2. The fourth-order valence-corrected chi connectivity index (χ4v) is 4.81. The van der Waals surface area contributed by atoms with Gasteiger partial charge in [0, 0.05) is 11.3 Å². The Morgan fingerprint density at radius 2 is 1.76 bits per heavy atom. The molecule has 0 unspecified atom stereocenters. The van der Waals surface area contributed by atoms with Crippen LogP contribution in [0.15, 0.2) is 59.8 Å². The number of amides is 1. The zero-order chi connectivity index (χ0) is 20.2. The van der Waals surface area contributed by atoms with Gasteiger partial charge in [0.1, 0.15) is 0 Å². The molecular weight excluding hydrogens is 386 g/mol. The van der Waals surface area contributed by atoms with E-state index in [-0.39, 0.29) is 0 Å². The van der Waals surface area contributed by atoms with Gasteiger partial charge in [0.2, 0.25) is 5.16 Å². The molecule has 1 aromatic heterocycles. The Labute approximate surface area is 171 Å². The van der Waals surface area contributed by atoms with E-state index in [1.165, 1.54) is 11.8 Å². The molecule has 2 aliphatic rings. The number of tetrazole rings is 1. The molecule has 3 aromatic rings. The van der Waals surface area contributed by atoms with Gasteiger partial charge in [-0.3, -0.25) is 14.5 Å². The number of ketones is 1. The maximum Gasteiger partial charge on any atom is 0.300 e. The van der Waals surface area contributed by atoms with Gasteiger partial charge in [-0.1, -0.05) is 48.2 Å². The van der Waals surface area contributed by atoms with Crippen molar-refractivity contribution in [2.75, 3.05) is 10.7 Å². The van der Waals surface area contributed by atoms with Gasteiger partial charge in [-0.25, -0.2) is 0 Å². The molecular formula is C21H17N5O2S. The molecule has 5 rings (SSSR count). The number of para-hydroxylation sites is 2. The first-order valence-corrected chi connectivity index (χ1v) is 10.2. The highest BCUT2D eigenvalue weighted by Gasteiger charge is 2.46. The van der Waals surface area contributed by atoms with Crippen LogP contribution in [0, 0.1) is 0 Å². The molecule has 0 N–H and O–H groups in total. The van der Waals surface area contributed by atoms with Crippen LogP contribution < -0.4 is 4.90 Å². The SMILES string of the molecule is CC1(C)C=C(CSc2nnnn2-c2ccccc2)c2cccc3c2N1C(=O)C3=O. The number of benzene rings is 2. The van der Waals surface area contributed by atoms with Crippen LogP contribution in [-0.2, 0) is 4.79 Å². The van der Waals surface area contributed by atoms with E-state index in [0.717, 1.165) is 16.8 Å². The summed E-state index contributed by atoms with van der Waals surface area (Å²) in [6.45, 7) is 3.89. The molecule has 0 spiro atoms. The van der Waals surface area contributed by atoms with Gasteiger partial charge in [0.25, 0.3) is 11.7 Å². The van der Waals surface area contributed by atoms with Crippen molar-refractivity contribution in [1.82, 2.24) is 20.2 Å². The molecule has 2 aliphatic heterocycles. The van der Waals surface area contributed by atoms with Crippen LogP contribution in [0.1, 0.15) is 29.8 Å². The third-order valence-corrected chi connectivity index (χ3v) is 6.12. The molecule has 0 bridgehead atoms. The average Bonchev–Trinajstić information content (AvgIpc) is 3.29. The molecule has 0 atom stereocenters. The fraction of sp³-hybridized carbons (Fsp3) is 0.190. The molecule has 0 saturated carbocycles. The first-order chi connectivity index (χ1) is 14.0. The summed E-state index contributed by atoms with van der Waals surface area (Å²) in [7, 11) is 0. The second-order valence-corrected chi connectivity index (χ2v) is 8.43. The molecule has 2 aromatic carbocycles. The van der Waals surface area contributed by atoms with Crippen LogP contribution in [0.4, 0.5) is 5.69 Å². The van der Waals surface area contributed by atoms with Gasteiger partial charge in [-0.05, 0) is 48.0 Å². The quantitative estimate of drug-likeness (QED) is 0.492. The zero-order valence-corrected chi connectivity index (χ0v) is 16.7. The lowest BCUT2D eigenvalue weighted by Gasteiger charge is -2.38. The van der Waals surface area contributed by atoms with Gasteiger partial charge in [0.15, 0.2) is 0 Å². The number of aromatic nitrogens is 4. The zero-order valence-electron chi connectivity index (χ0n) is 15.9. The van der Waals surface area contributed by atoms with Crippen molar-refractivity contribution in [2.45, 2.75) is 24.5 Å². The van der Waals surface area contributed by atoms with Gasteiger partial charge in [0.05, 0.1) is 22.5 Å². The first kappa shape index (κ1) is 17.8. The second kappa shape index (κ2) is 6.38. The van der Waals surface area contributed by atoms with Crippen molar-refractivity contribution < 1.29 is 9.59 Å². The van der Waals surface area contributed by atoms with Crippen molar-refractivity contribution in [3.05, 3.63) is 65.7 Å². The molecule has 1 amide bonds. The van der Waals surface area contributed by atoms with Gasteiger partial charge < -0.3 is 0 Å². The predicted molar refractivity (Wildman–Crippen MR) is 110 cm³/mol. The van der Waals surface area contributed by atoms with Crippen LogP contribution in [0.3, 0.4) is 0 Å². The Morgan fingerprint density at radius 1 is 1.00 bits per heavy atom. The summed E-state index contributed by atoms with van der Waals surface area (Å²) in [4.78, 5) is 26.6. The Kier molecular flexibility index (Phi) is 3.92. The number of hydrogen-bond acceptors (Lipinski definition) is 6. The van der Waals surface area contributed by atoms with Crippen molar-refractivity contribution >= 4 is 34.7 Å². The normalized spacial score (nSPS) is 16.8. The lowest BCUT2D eigenvalue weighted by molar-refractivity contribution is -0.115. The summed E-state index contributed by atoms with van der Waals surface area (Å²) in [5.41, 5.74) is 3.46. The second-order valence-electron chi connectivity index (χ2n) is 7.49. The van der Waals surface area contributed by atoms with Crippen molar-refractivity contribution in [2.24, 2.45) is 0 Å². The van der Waals surface area contributed by atoms with Gasteiger partial charge in [-0.15, -0.1) is 5.10 Å². The van der Waals surface area contributed by atoms with Crippen molar-refractivity contribution in [3.8, 4) is 5.69 Å². The molecule has 29 heavy (non-hydrogen) atoms. The molecule has 0 saturated heterocycles. The number of thioether (sulfide) groups is 1. The number of carbonyl (C=O) groups is 2. The van der Waals surface area contributed by atoms with Crippen LogP contribution in [-0.4, -0.2) is 43.2 Å². The highest BCUT2D eigenvalue weighted by Crippen LogP contribution is 2.46. The molecule has 7 nitrogen and oxygen atoms in total. The van der Waals surface area contributed by atoms with E-state index >= 15 is 0 Å². The molecule has 0 radical (unpaired) electrons. The van der Waals surface area contributed by atoms with Gasteiger partial charge in [-0.2, -0.15) is 4.68 Å². The summed E-state index contributed by atoms with van der Waals surface area (Å²) in [6.07, 6.45) is 2.05. The first-order valence-electron chi connectivity index (χ1n) is 9.18. The fourth-order valence-electron chi connectivity index (χ4n) is 3.93. The monoisotopic (exact) mass is 403 g/mol. The minimum atomic E-state index is -0.590. The largest absolute Gasteiger partial charge is 0.300 e. The van der Waals surface area contributed by atoms with Crippen LogP contribution in [0.5, 0.6) is 0 Å². The molecule has 3 heterocycles. The van der Waals surface area contributed by atoms with Crippen LogP contribution in [0.2, 0.25) is 0 Å². The smallest absolute Gasteiger partial charge is 0.295 e. The minimum absolute atomic E-state index is 0.440. The number of rotatable bonds is 4. The number of Topliss-reactive ketones (excluding diaryl/α,β-unsaturated/α-hetero) is 1. The highest BCUT2D eigenvalue weighted by molar-refractivity contribution is 7.99. The van der Waals surface area contributed by atoms with E-state index in [0.29, 0.717) is 22.2 Å². The Balaban J connectivity index is 1.50. The number of carbonyl (C=O) groups excluding carboxylic acids is 2. The molecule has 8 heteroatoms. The van der Waals surface area contributed by atoms with Crippen LogP contribution >= 0.6 is 11.8 Å². The maximum atomic E-state index is 12.6. The van der Waals surface area contributed by atoms with E-state index < -0.39 is 17.2 Å². The van der Waals surface area contributed by atoms with E-state index in [1.54, 1.807) is 15.6 Å². The summed E-state index contributed by atoms with van der Waals surface area (Å²) in [5, 5.41) is 12.7. The van der Waals surface area contributed by atoms with Crippen LogP contribution in [0.25, 0.3) is 11.3 Å². The summed E-state index contributed by atoms with van der Waals surface area (Å²) in [5.74, 6) is -0.290. The Bertz CT molecular complexity index is 1180. The Hall–Kier alpha value is -3.26. The topological polar surface area (TPSA) is 81.0 Å². The van der Waals surface area contributed by atoms with E-state index in [9.17, 15) is 9.59 Å². The molecule has 144 valence electrons. The van der Waals surface area contributed by atoms with Crippen molar-refractivity contribution in [3.63, 3.8) is 0 Å². The number of nitrogens with zero attached hydrogens (tertiary/aromatic N) is 5. The number of hydrogen-bond donors (Lipinski definition) is 0. The predicted octanol–water partition coefficient (Wildman–Crippen LogP) is 3.16. The van der Waals surface area contributed by atoms with E-state index in [4.69, 9.17) is 0 Å². The lowest BCUT2D eigenvalue weighted by Crippen LogP contribution is -2.47. The van der Waals surface area contributed by atoms with E-state index in [1.807, 2.05) is 56.3 Å². The highest BCUT2D eigenvalue weighted by atomic mass is 32.2. The standard InChI is InChI=1S/C21H17N5O2S/c1-21(2)11-13(15-9-6-10-16-17(15)25(21)19(28)18(16)27)12-29-20-22-23-24-26(20)14-7-4-3-5-8-14/h3-11H,12H2,1-2H3. The summed E-state index contributed by atoms with van der Waals surface area (Å²) >= 11 is 1.52. The summed E-state index contributed by atoms with van der Waals surface area (Å²) < 4.78 is 1.70.